The van der Waals surface area contributed by atoms with E-state index in [2.05, 4.69) is 27.8 Å². The van der Waals surface area contributed by atoms with Crippen LogP contribution in [0, 0.1) is 0 Å². The number of isocyanates is 1. The molecule has 18 heavy (non-hydrogen) atoms. The van der Waals surface area contributed by atoms with Crippen molar-refractivity contribution in [3.8, 4) is 11.5 Å². The Labute approximate surface area is 113 Å². The molecule has 1 aliphatic heterocycles. The zero-order valence-corrected chi connectivity index (χ0v) is 11.5. The maximum atomic E-state index is 10.6. The molecule has 1 heterocycles. The molecule has 3 rings (SSSR count). The van der Waals surface area contributed by atoms with Crippen molar-refractivity contribution in [1.82, 2.24) is 0 Å². The lowest BCUT2D eigenvalue weighted by Crippen LogP contribution is -2.07. The van der Waals surface area contributed by atoms with Gasteiger partial charge in [-0.15, -0.1) is 0 Å². The molecular formula is C13H12BrNO3. The Hall–Kier alpha value is -1.32. The normalized spacial score (nSPS) is 18.3. The van der Waals surface area contributed by atoms with Crippen LogP contribution in [-0.2, 0) is 16.8 Å². The summed E-state index contributed by atoms with van der Waals surface area (Å²) >= 11 is 3.49. The summed E-state index contributed by atoms with van der Waals surface area (Å²) in [5.41, 5.74) is 1.77. The number of rotatable bonds is 3. The van der Waals surface area contributed by atoms with Gasteiger partial charge >= 0.3 is 0 Å². The monoisotopic (exact) mass is 309 g/mol. The van der Waals surface area contributed by atoms with Crippen LogP contribution in [-0.4, -0.2) is 12.9 Å². The molecule has 0 bridgehead atoms. The average Bonchev–Trinajstić information content (AvgIpc) is 2.97. The largest absolute Gasteiger partial charge is 0.453 e. The Morgan fingerprint density at radius 3 is 2.78 bits per heavy atom. The first-order valence-corrected chi connectivity index (χ1v) is 6.71. The summed E-state index contributed by atoms with van der Waals surface area (Å²) < 4.78 is 11.8. The van der Waals surface area contributed by atoms with Crippen LogP contribution in [0.4, 0.5) is 0 Å². The summed E-state index contributed by atoms with van der Waals surface area (Å²) in [6, 6.07) is 2.00. The lowest BCUT2D eigenvalue weighted by atomic mass is 9.95. The van der Waals surface area contributed by atoms with Gasteiger partial charge in [0, 0.05) is 5.56 Å². The number of hydrogen-bond acceptors (Lipinski definition) is 4. The first-order chi connectivity index (χ1) is 8.72. The van der Waals surface area contributed by atoms with E-state index in [-0.39, 0.29) is 12.3 Å². The van der Waals surface area contributed by atoms with Crippen molar-refractivity contribution in [2.45, 2.75) is 31.7 Å². The van der Waals surface area contributed by atoms with Crippen molar-refractivity contribution >= 4 is 22.0 Å². The van der Waals surface area contributed by atoms with Gasteiger partial charge in [0.1, 0.15) is 0 Å². The van der Waals surface area contributed by atoms with Crippen LogP contribution < -0.4 is 9.47 Å². The van der Waals surface area contributed by atoms with E-state index in [0.717, 1.165) is 46.4 Å². The Kier molecular flexibility index (Phi) is 2.68. The van der Waals surface area contributed by atoms with Gasteiger partial charge < -0.3 is 9.47 Å². The fourth-order valence-electron chi connectivity index (χ4n) is 2.50. The Morgan fingerprint density at radius 2 is 2.17 bits per heavy atom. The highest BCUT2D eigenvalue weighted by Crippen LogP contribution is 2.55. The molecule has 94 valence electrons. The molecule has 0 amide bonds. The maximum Gasteiger partial charge on any atom is 0.235 e. The van der Waals surface area contributed by atoms with E-state index >= 15 is 0 Å². The predicted molar refractivity (Wildman–Crippen MR) is 68.7 cm³/mol. The number of carbonyl (C=O) groups excluding carboxylic acids is 1. The van der Waals surface area contributed by atoms with Crippen LogP contribution in [0.1, 0.15) is 30.9 Å². The number of nitrogens with zero attached hydrogens (tertiary/aromatic N) is 1. The first-order valence-electron chi connectivity index (χ1n) is 5.92. The van der Waals surface area contributed by atoms with E-state index in [1.54, 1.807) is 6.08 Å². The number of halogens is 1. The van der Waals surface area contributed by atoms with Gasteiger partial charge in [-0.1, -0.05) is 6.92 Å². The number of aliphatic imine (C=N–C) groups is 1. The summed E-state index contributed by atoms with van der Waals surface area (Å²) in [5, 5.41) is 0. The molecule has 0 spiro atoms. The second-order valence-corrected chi connectivity index (χ2v) is 5.39. The predicted octanol–water partition coefficient (Wildman–Crippen LogP) is 3.07. The van der Waals surface area contributed by atoms with Crippen LogP contribution >= 0.6 is 15.9 Å². The standard InChI is InChI=1S/C13H12BrNO3/c1-2-8-9(13(3-4-13)15-6-16)5-10(14)12-11(8)17-7-18-12/h5H,2-4,7H2,1H3. The van der Waals surface area contributed by atoms with E-state index in [0.29, 0.717) is 0 Å². The molecule has 1 fully saturated rings. The average molecular weight is 310 g/mol. The van der Waals surface area contributed by atoms with Gasteiger partial charge in [-0.25, -0.2) is 4.79 Å². The molecule has 4 nitrogen and oxygen atoms in total. The fraction of sp³-hybridized carbons (Fsp3) is 0.462. The van der Waals surface area contributed by atoms with Gasteiger partial charge in [0.25, 0.3) is 0 Å². The van der Waals surface area contributed by atoms with Crippen LogP contribution in [0.3, 0.4) is 0 Å². The summed E-state index contributed by atoms with van der Waals surface area (Å²) in [5.74, 6) is 1.54. The highest BCUT2D eigenvalue weighted by atomic mass is 79.9. The third kappa shape index (κ3) is 1.58. The maximum absolute atomic E-state index is 10.6. The lowest BCUT2D eigenvalue weighted by molar-refractivity contribution is 0.172. The molecule has 1 aromatic carbocycles. The van der Waals surface area contributed by atoms with Crippen molar-refractivity contribution in [3.05, 3.63) is 21.7 Å². The minimum atomic E-state index is -0.378. The Bertz CT molecular complexity index is 560. The molecule has 0 radical (unpaired) electrons. The number of benzene rings is 1. The molecule has 0 atom stereocenters. The third-order valence-electron chi connectivity index (χ3n) is 3.54. The number of hydrogen-bond donors (Lipinski definition) is 0. The molecule has 0 saturated heterocycles. The van der Waals surface area contributed by atoms with Gasteiger partial charge in [0.15, 0.2) is 11.5 Å². The van der Waals surface area contributed by atoms with E-state index in [4.69, 9.17) is 9.47 Å². The van der Waals surface area contributed by atoms with Gasteiger partial charge in [0.2, 0.25) is 12.9 Å². The van der Waals surface area contributed by atoms with Gasteiger partial charge in [-0.3, -0.25) is 0 Å². The SMILES string of the molecule is CCc1c(C2(N=C=O)CC2)cc(Br)c2c1OCO2. The molecule has 0 N–H and O–H groups in total. The minimum Gasteiger partial charge on any atom is -0.453 e. The molecular weight excluding hydrogens is 298 g/mol. The first kappa shape index (κ1) is 11.8. The Morgan fingerprint density at radius 1 is 1.44 bits per heavy atom. The molecule has 0 aromatic heterocycles. The summed E-state index contributed by atoms with van der Waals surface area (Å²) in [7, 11) is 0. The van der Waals surface area contributed by atoms with Gasteiger partial charge in [-0.2, -0.15) is 4.99 Å². The minimum absolute atomic E-state index is 0.244. The molecule has 1 aliphatic carbocycles. The third-order valence-corrected chi connectivity index (χ3v) is 4.13. The number of ether oxygens (including phenoxy) is 2. The second-order valence-electron chi connectivity index (χ2n) is 4.54. The quantitative estimate of drug-likeness (QED) is 0.637. The molecule has 1 aromatic rings. The van der Waals surface area contributed by atoms with Crippen molar-refractivity contribution in [3.63, 3.8) is 0 Å². The summed E-state index contributed by atoms with van der Waals surface area (Å²) in [4.78, 5) is 14.6. The topological polar surface area (TPSA) is 47.9 Å². The zero-order valence-electron chi connectivity index (χ0n) is 9.96. The molecule has 5 heteroatoms. The van der Waals surface area contributed by atoms with Crippen molar-refractivity contribution in [1.29, 1.82) is 0 Å². The van der Waals surface area contributed by atoms with Crippen LogP contribution in [0.25, 0.3) is 0 Å². The van der Waals surface area contributed by atoms with Crippen molar-refractivity contribution in [2.75, 3.05) is 6.79 Å². The van der Waals surface area contributed by atoms with Gasteiger partial charge in [-0.05, 0) is 46.8 Å². The lowest BCUT2D eigenvalue weighted by Gasteiger charge is -2.16. The summed E-state index contributed by atoms with van der Waals surface area (Å²) in [6.45, 7) is 2.31. The van der Waals surface area contributed by atoms with Crippen molar-refractivity contribution < 1.29 is 14.3 Å². The Balaban J connectivity index is 2.21. The zero-order chi connectivity index (χ0) is 12.8. The molecule has 1 saturated carbocycles. The molecule has 0 unspecified atom stereocenters. The van der Waals surface area contributed by atoms with E-state index in [9.17, 15) is 4.79 Å². The van der Waals surface area contributed by atoms with E-state index in [1.165, 1.54) is 0 Å². The van der Waals surface area contributed by atoms with Crippen LogP contribution in [0.2, 0.25) is 0 Å². The highest BCUT2D eigenvalue weighted by molar-refractivity contribution is 9.10. The molecule has 2 aliphatic rings. The number of fused-ring (bicyclic) bond motifs is 1. The van der Waals surface area contributed by atoms with Gasteiger partial charge in [0.05, 0.1) is 10.0 Å². The smallest absolute Gasteiger partial charge is 0.235 e. The van der Waals surface area contributed by atoms with E-state index in [1.807, 2.05) is 6.07 Å². The van der Waals surface area contributed by atoms with Crippen molar-refractivity contribution in [2.24, 2.45) is 4.99 Å². The van der Waals surface area contributed by atoms with E-state index < -0.39 is 0 Å². The second kappa shape index (κ2) is 4.11. The van der Waals surface area contributed by atoms with Crippen LogP contribution in [0.15, 0.2) is 15.5 Å². The fourth-order valence-corrected chi connectivity index (χ4v) is 3.02. The highest BCUT2D eigenvalue weighted by Gasteiger charge is 2.47. The van der Waals surface area contributed by atoms with Crippen LogP contribution in [0.5, 0.6) is 11.5 Å². The summed E-state index contributed by atoms with van der Waals surface area (Å²) in [6.07, 6.45) is 4.30.